The normalized spacial score (nSPS) is 12.2. The van der Waals surface area contributed by atoms with E-state index in [2.05, 4.69) is 0 Å². The first-order chi connectivity index (χ1) is 9.71. The van der Waals surface area contributed by atoms with Gasteiger partial charge < -0.3 is 15.2 Å². The summed E-state index contributed by atoms with van der Waals surface area (Å²) >= 11 is 0. The van der Waals surface area contributed by atoms with E-state index in [1.807, 2.05) is 36.4 Å². The molecule has 0 fully saturated rings. The Morgan fingerprint density at radius 3 is 2.45 bits per heavy atom. The molecule has 0 aliphatic rings. The van der Waals surface area contributed by atoms with Crippen molar-refractivity contribution in [1.82, 2.24) is 0 Å². The summed E-state index contributed by atoms with van der Waals surface area (Å²) in [7, 11) is 3.04. The average molecular weight is 273 g/mol. The van der Waals surface area contributed by atoms with Gasteiger partial charge in [0.15, 0.2) is 0 Å². The minimum Gasteiger partial charge on any atom is -0.496 e. The highest BCUT2D eigenvalue weighted by Gasteiger charge is 2.18. The highest BCUT2D eigenvalue weighted by molar-refractivity contribution is 5.91. The van der Waals surface area contributed by atoms with Gasteiger partial charge in [0.1, 0.15) is 5.75 Å². The summed E-state index contributed by atoms with van der Waals surface area (Å²) < 4.78 is 10.1. The summed E-state index contributed by atoms with van der Waals surface area (Å²) in [5.74, 6) is 0.511. The molecule has 0 aliphatic carbocycles. The van der Waals surface area contributed by atoms with Crippen LogP contribution in [0.3, 0.4) is 0 Å². The van der Waals surface area contributed by atoms with Crippen molar-refractivity contribution in [2.45, 2.75) is 12.3 Å². The number of benzene rings is 2. The predicted molar refractivity (Wildman–Crippen MR) is 78.9 cm³/mol. The molecule has 0 saturated heterocycles. The molecule has 20 heavy (non-hydrogen) atoms. The van der Waals surface area contributed by atoms with E-state index in [0.717, 1.165) is 22.1 Å². The van der Waals surface area contributed by atoms with Gasteiger partial charge in [0, 0.05) is 11.3 Å². The van der Waals surface area contributed by atoms with Gasteiger partial charge in [-0.1, -0.05) is 30.3 Å². The number of hydrogen-bond acceptors (Lipinski definition) is 4. The van der Waals surface area contributed by atoms with Gasteiger partial charge in [-0.05, 0) is 23.6 Å². The van der Waals surface area contributed by atoms with Crippen molar-refractivity contribution in [3.8, 4) is 5.75 Å². The van der Waals surface area contributed by atoms with Gasteiger partial charge in [-0.3, -0.25) is 4.79 Å². The molecule has 0 radical (unpaired) electrons. The number of fused-ring (bicyclic) bond motifs is 1. The third-order valence-corrected chi connectivity index (χ3v) is 3.50. The fourth-order valence-electron chi connectivity index (χ4n) is 2.43. The fourth-order valence-corrected chi connectivity index (χ4v) is 2.43. The van der Waals surface area contributed by atoms with Crippen molar-refractivity contribution in [2.24, 2.45) is 5.73 Å². The molecule has 0 heterocycles. The van der Waals surface area contributed by atoms with E-state index < -0.39 is 0 Å². The summed E-state index contributed by atoms with van der Waals surface area (Å²) in [6.07, 6.45) is 0.281. The van der Waals surface area contributed by atoms with E-state index in [-0.39, 0.29) is 18.3 Å². The molecule has 1 unspecified atom stereocenters. The maximum Gasteiger partial charge on any atom is 0.306 e. The van der Waals surface area contributed by atoms with Crippen LogP contribution < -0.4 is 10.5 Å². The lowest BCUT2D eigenvalue weighted by Crippen LogP contribution is -2.17. The van der Waals surface area contributed by atoms with Crippen molar-refractivity contribution in [3.63, 3.8) is 0 Å². The number of ether oxygens (including phenoxy) is 2. The zero-order chi connectivity index (χ0) is 14.5. The van der Waals surface area contributed by atoms with Crippen molar-refractivity contribution < 1.29 is 14.3 Å². The number of carbonyl (C=O) groups is 1. The molecule has 1 atom stereocenters. The Bertz CT molecular complexity index is 610. The molecular formula is C16H19NO3. The van der Waals surface area contributed by atoms with Crippen LogP contribution in [0, 0.1) is 0 Å². The topological polar surface area (TPSA) is 61.5 Å². The van der Waals surface area contributed by atoms with Gasteiger partial charge in [-0.2, -0.15) is 0 Å². The van der Waals surface area contributed by atoms with Crippen LogP contribution in [0.2, 0.25) is 0 Å². The fraction of sp³-hybridized carbons (Fsp3) is 0.312. The lowest BCUT2D eigenvalue weighted by Gasteiger charge is -2.17. The number of hydrogen-bond donors (Lipinski definition) is 1. The summed E-state index contributed by atoms with van der Waals surface area (Å²) in [5.41, 5.74) is 6.88. The summed E-state index contributed by atoms with van der Waals surface area (Å²) in [6.45, 7) is 0.394. The zero-order valence-corrected chi connectivity index (χ0v) is 11.8. The van der Waals surface area contributed by atoms with Gasteiger partial charge in [0.2, 0.25) is 0 Å². The van der Waals surface area contributed by atoms with Crippen LogP contribution in [0.15, 0.2) is 36.4 Å². The molecule has 2 aromatic carbocycles. The monoisotopic (exact) mass is 273 g/mol. The number of methoxy groups -OCH3 is 2. The Labute approximate surface area is 118 Å². The molecule has 0 saturated carbocycles. The number of nitrogens with two attached hydrogens (primary N) is 1. The first kappa shape index (κ1) is 14.3. The van der Waals surface area contributed by atoms with Crippen LogP contribution in [0.5, 0.6) is 5.75 Å². The zero-order valence-electron chi connectivity index (χ0n) is 11.8. The predicted octanol–water partition coefficient (Wildman–Crippen LogP) is 2.45. The Hall–Kier alpha value is -2.07. The van der Waals surface area contributed by atoms with E-state index in [9.17, 15) is 4.79 Å². The smallest absolute Gasteiger partial charge is 0.306 e. The Morgan fingerprint density at radius 2 is 1.85 bits per heavy atom. The first-order valence-electron chi connectivity index (χ1n) is 6.53. The van der Waals surface area contributed by atoms with Crippen molar-refractivity contribution >= 4 is 16.7 Å². The lowest BCUT2D eigenvalue weighted by atomic mass is 9.90. The maximum atomic E-state index is 11.5. The van der Waals surface area contributed by atoms with Crippen LogP contribution in [0.1, 0.15) is 17.9 Å². The highest BCUT2D eigenvalue weighted by Crippen LogP contribution is 2.33. The molecule has 2 aromatic rings. The minimum absolute atomic E-state index is 0.0572. The third kappa shape index (κ3) is 2.75. The van der Waals surface area contributed by atoms with Gasteiger partial charge in [0.25, 0.3) is 0 Å². The second-order valence-corrected chi connectivity index (χ2v) is 4.62. The molecule has 2 rings (SSSR count). The van der Waals surface area contributed by atoms with E-state index >= 15 is 0 Å². The molecule has 0 bridgehead atoms. The standard InChI is InChI=1S/C16H19NO3/c1-19-15-8-7-12(11(10-17)9-16(18)20-2)13-5-3-4-6-14(13)15/h3-8,11H,9-10,17H2,1-2H3. The number of esters is 1. The lowest BCUT2D eigenvalue weighted by molar-refractivity contribution is -0.141. The molecule has 0 amide bonds. The number of rotatable bonds is 5. The largest absolute Gasteiger partial charge is 0.496 e. The molecular weight excluding hydrogens is 254 g/mol. The van der Waals surface area contributed by atoms with Crippen molar-refractivity contribution in [2.75, 3.05) is 20.8 Å². The van der Waals surface area contributed by atoms with Crippen molar-refractivity contribution in [3.05, 3.63) is 42.0 Å². The Morgan fingerprint density at radius 1 is 1.15 bits per heavy atom. The molecule has 4 nitrogen and oxygen atoms in total. The third-order valence-electron chi connectivity index (χ3n) is 3.50. The van der Waals surface area contributed by atoms with E-state index in [1.165, 1.54) is 7.11 Å². The van der Waals surface area contributed by atoms with Crippen LogP contribution >= 0.6 is 0 Å². The first-order valence-corrected chi connectivity index (χ1v) is 6.53. The molecule has 4 heteroatoms. The minimum atomic E-state index is -0.250. The van der Waals surface area contributed by atoms with E-state index in [0.29, 0.717) is 6.54 Å². The Kier molecular flexibility index (Phi) is 4.58. The van der Waals surface area contributed by atoms with Crippen molar-refractivity contribution in [1.29, 1.82) is 0 Å². The molecule has 0 aromatic heterocycles. The van der Waals surface area contributed by atoms with Gasteiger partial charge >= 0.3 is 5.97 Å². The number of carbonyl (C=O) groups excluding carboxylic acids is 1. The van der Waals surface area contributed by atoms with Gasteiger partial charge in [-0.25, -0.2) is 0 Å². The average Bonchev–Trinajstić information content (AvgIpc) is 2.51. The quantitative estimate of drug-likeness (QED) is 0.850. The summed E-state index contributed by atoms with van der Waals surface area (Å²) in [5, 5.41) is 2.09. The second kappa shape index (κ2) is 6.39. The van der Waals surface area contributed by atoms with E-state index in [1.54, 1.807) is 7.11 Å². The second-order valence-electron chi connectivity index (χ2n) is 4.62. The van der Waals surface area contributed by atoms with Crippen LogP contribution in [0.4, 0.5) is 0 Å². The molecule has 0 aliphatic heterocycles. The van der Waals surface area contributed by atoms with Gasteiger partial charge in [-0.15, -0.1) is 0 Å². The highest BCUT2D eigenvalue weighted by atomic mass is 16.5. The summed E-state index contributed by atoms with van der Waals surface area (Å²) in [6, 6.07) is 11.8. The van der Waals surface area contributed by atoms with Gasteiger partial charge in [0.05, 0.1) is 20.6 Å². The molecule has 2 N–H and O–H groups in total. The molecule has 0 spiro atoms. The summed E-state index contributed by atoms with van der Waals surface area (Å²) in [4.78, 5) is 11.5. The van der Waals surface area contributed by atoms with E-state index in [4.69, 9.17) is 15.2 Å². The van der Waals surface area contributed by atoms with Crippen LogP contribution in [0.25, 0.3) is 10.8 Å². The molecule has 106 valence electrons. The van der Waals surface area contributed by atoms with Crippen LogP contribution in [-0.2, 0) is 9.53 Å². The Balaban J connectivity index is 2.50. The SMILES string of the molecule is COC(=O)CC(CN)c1ccc(OC)c2ccccc12. The van der Waals surface area contributed by atoms with Crippen LogP contribution in [-0.4, -0.2) is 26.7 Å². The maximum absolute atomic E-state index is 11.5.